The summed E-state index contributed by atoms with van der Waals surface area (Å²) in [5.41, 5.74) is 5.80. The lowest BCUT2D eigenvalue weighted by molar-refractivity contribution is -0.266. The van der Waals surface area contributed by atoms with Gasteiger partial charge in [0.15, 0.2) is 0 Å². The van der Waals surface area contributed by atoms with Crippen molar-refractivity contribution >= 4 is 11.9 Å². The Bertz CT molecular complexity index is 1190. The molecule has 0 amide bonds. The predicted molar refractivity (Wildman–Crippen MR) is 177 cm³/mol. The lowest BCUT2D eigenvalue weighted by Gasteiger charge is -2.71. The molecule has 5 N–H and O–H groups in total. The molecule has 0 radical (unpaired) electrons. The van der Waals surface area contributed by atoms with Crippen LogP contribution in [0.25, 0.3) is 0 Å². The quantitative estimate of drug-likeness (QED) is 0.142. The van der Waals surface area contributed by atoms with Crippen LogP contribution >= 0.6 is 0 Å². The maximum atomic E-state index is 13.3. The fourth-order valence-corrected chi connectivity index (χ4v) is 11.8. The number of aliphatic hydroxyl groups is 1. The number of aliphatic carboxylic acids is 1. The summed E-state index contributed by atoms with van der Waals surface area (Å²) in [5, 5.41) is 23.4. The van der Waals surface area contributed by atoms with Gasteiger partial charge in [0.25, 0.3) is 0 Å². The third-order valence-electron chi connectivity index (χ3n) is 14.6. The Balaban J connectivity index is 1.50. The highest BCUT2D eigenvalue weighted by Gasteiger charge is 2.72. The molecule has 12 atom stereocenters. The van der Waals surface area contributed by atoms with Gasteiger partial charge in [0, 0.05) is 36.9 Å². The van der Waals surface area contributed by atoms with Gasteiger partial charge in [-0.2, -0.15) is 0 Å². The molecule has 9 heteroatoms. The van der Waals surface area contributed by atoms with Crippen molar-refractivity contribution in [1.82, 2.24) is 5.32 Å². The van der Waals surface area contributed by atoms with Gasteiger partial charge in [-0.15, -0.1) is 0 Å². The van der Waals surface area contributed by atoms with Gasteiger partial charge >= 0.3 is 11.9 Å². The van der Waals surface area contributed by atoms with Crippen LogP contribution in [0, 0.1) is 56.7 Å². The second kappa shape index (κ2) is 12.7. The SMILES string of the molecule is CC(=O)O[C@@H]1C[C@@]23COC[C@](C)(C2CC[C@H]2C3=CC[C@@]3(C)[C@H](C(=O)O)[C@@](C)([C@H](C)C(C)C)CC[C@]23C)[C@H]1OCCNC[C@@H](N)CO. The van der Waals surface area contributed by atoms with Crippen LogP contribution in [-0.2, 0) is 23.8 Å². The first-order valence-corrected chi connectivity index (χ1v) is 17.9. The number of allylic oxidation sites excluding steroid dienone is 1. The number of esters is 1. The van der Waals surface area contributed by atoms with Crippen molar-refractivity contribution in [3.8, 4) is 0 Å². The Morgan fingerprint density at radius 1 is 1.11 bits per heavy atom. The van der Waals surface area contributed by atoms with Gasteiger partial charge < -0.3 is 35.5 Å². The minimum atomic E-state index is -0.652. The molecule has 1 unspecified atom stereocenters. The summed E-state index contributed by atoms with van der Waals surface area (Å²) in [7, 11) is 0. The number of ether oxygens (including phenoxy) is 3. The van der Waals surface area contributed by atoms with Crippen LogP contribution in [-0.4, -0.2) is 79.9 Å². The fraction of sp³-hybridized carbons (Fsp3) is 0.892. The molecule has 9 nitrogen and oxygen atoms in total. The molecule has 2 bridgehead atoms. The third kappa shape index (κ3) is 5.39. The monoisotopic (exact) mass is 646 g/mol. The molecule has 0 spiro atoms. The second-order valence-electron chi connectivity index (χ2n) is 17.1. The Labute approximate surface area is 276 Å². The van der Waals surface area contributed by atoms with E-state index in [9.17, 15) is 19.8 Å². The van der Waals surface area contributed by atoms with Crippen LogP contribution in [0.1, 0.15) is 93.9 Å². The lowest BCUT2D eigenvalue weighted by Crippen LogP contribution is -2.70. The van der Waals surface area contributed by atoms with Gasteiger partial charge in [-0.05, 0) is 78.4 Å². The van der Waals surface area contributed by atoms with E-state index < -0.39 is 18.0 Å². The number of carbonyl (C=O) groups is 2. The van der Waals surface area contributed by atoms with E-state index in [1.165, 1.54) is 12.5 Å². The number of rotatable bonds is 11. The molecule has 262 valence electrons. The molecule has 4 aliphatic carbocycles. The first-order chi connectivity index (χ1) is 21.5. The Hall–Kier alpha value is -1.52. The van der Waals surface area contributed by atoms with Crippen molar-refractivity contribution in [2.24, 2.45) is 62.4 Å². The first-order valence-electron chi connectivity index (χ1n) is 17.9. The molecule has 5 rings (SSSR count). The number of aliphatic hydroxyl groups excluding tert-OH is 1. The molecular formula is C37H62N2O7. The zero-order valence-electron chi connectivity index (χ0n) is 29.7. The second-order valence-corrected chi connectivity index (χ2v) is 17.1. The zero-order valence-corrected chi connectivity index (χ0v) is 29.7. The summed E-state index contributed by atoms with van der Waals surface area (Å²) in [6.45, 7) is 20.0. The average Bonchev–Trinajstić information content (AvgIpc) is 2.97. The largest absolute Gasteiger partial charge is 0.481 e. The molecule has 1 aliphatic heterocycles. The van der Waals surface area contributed by atoms with Gasteiger partial charge in [0.05, 0.1) is 32.3 Å². The maximum absolute atomic E-state index is 13.3. The number of nitrogens with one attached hydrogen (secondary N) is 1. The minimum absolute atomic E-state index is 0.0768. The van der Waals surface area contributed by atoms with Crippen molar-refractivity contribution in [3.05, 3.63) is 11.6 Å². The summed E-state index contributed by atoms with van der Waals surface area (Å²) in [6, 6.07) is -0.321. The molecule has 0 aromatic rings. The molecule has 3 saturated carbocycles. The van der Waals surface area contributed by atoms with Crippen molar-refractivity contribution in [3.63, 3.8) is 0 Å². The van der Waals surface area contributed by atoms with Crippen LogP contribution < -0.4 is 11.1 Å². The molecule has 0 aromatic carbocycles. The number of carboxylic acid groups (broad SMARTS) is 1. The fourth-order valence-electron chi connectivity index (χ4n) is 11.8. The molecule has 1 heterocycles. The Morgan fingerprint density at radius 2 is 1.83 bits per heavy atom. The number of carbonyl (C=O) groups excluding carboxylic acids is 1. The van der Waals surface area contributed by atoms with E-state index in [1.807, 2.05) is 0 Å². The number of carboxylic acids is 1. The molecule has 5 aliphatic rings. The van der Waals surface area contributed by atoms with Gasteiger partial charge in [-0.25, -0.2) is 0 Å². The highest BCUT2D eigenvalue weighted by Crippen LogP contribution is 2.75. The normalized spacial score (nSPS) is 44.7. The third-order valence-corrected chi connectivity index (χ3v) is 14.6. The molecule has 4 fully saturated rings. The number of fused-ring (bicyclic) bond motifs is 3. The van der Waals surface area contributed by atoms with E-state index in [4.69, 9.17) is 19.9 Å². The predicted octanol–water partition coefficient (Wildman–Crippen LogP) is 4.80. The van der Waals surface area contributed by atoms with Gasteiger partial charge in [-0.3, -0.25) is 9.59 Å². The van der Waals surface area contributed by atoms with Crippen molar-refractivity contribution in [1.29, 1.82) is 0 Å². The van der Waals surface area contributed by atoms with E-state index in [2.05, 4.69) is 59.9 Å². The summed E-state index contributed by atoms with van der Waals surface area (Å²) in [4.78, 5) is 25.9. The van der Waals surface area contributed by atoms with E-state index in [-0.39, 0.29) is 57.7 Å². The van der Waals surface area contributed by atoms with Crippen LogP contribution in [0.4, 0.5) is 0 Å². The molecule has 46 heavy (non-hydrogen) atoms. The van der Waals surface area contributed by atoms with Crippen LogP contribution in [0.5, 0.6) is 0 Å². The molecular weight excluding hydrogens is 584 g/mol. The highest BCUT2D eigenvalue weighted by molar-refractivity contribution is 5.73. The van der Waals surface area contributed by atoms with E-state index in [0.29, 0.717) is 57.1 Å². The Kier molecular flexibility index (Phi) is 9.91. The highest BCUT2D eigenvalue weighted by atomic mass is 16.6. The number of nitrogens with two attached hydrogens (primary N) is 1. The van der Waals surface area contributed by atoms with E-state index in [0.717, 1.165) is 32.1 Å². The topological polar surface area (TPSA) is 140 Å². The Morgan fingerprint density at radius 3 is 2.46 bits per heavy atom. The molecule has 1 saturated heterocycles. The number of hydrogen-bond acceptors (Lipinski definition) is 8. The maximum Gasteiger partial charge on any atom is 0.307 e. The van der Waals surface area contributed by atoms with Crippen molar-refractivity contribution < 1.29 is 34.0 Å². The van der Waals surface area contributed by atoms with Crippen molar-refractivity contribution in [2.75, 3.05) is 39.5 Å². The summed E-state index contributed by atoms with van der Waals surface area (Å²) < 4.78 is 19.3. The number of hydrogen-bond donors (Lipinski definition) is 4. The first kappa shape index (κ1) is 35.8. The van der Waals surface area contributed by atoms with E-state index >= 15 is 0 Å². The van der Waals surface area contributed by atoms with Crippen LogP contribution in [0.2, 0.25) is 0 Å². The van der Waals surface area contributed by atoms with Gasteiger partial charge in [-0.1, -0.05) is 60.1 Å². The standard InChI is InChI=1S/C37H62N2O7/c1-22(2)23(3)33(5)13-14-35(7)26-9-10-29-34(6)20-44-21-37(29,27(26)11-12-36(35,8)30(33)32(42)43)17-28(46-24(4)41)31(34)45-16-15-39-18-25(38)19-40/h11,22-23,25-26,28-31,39-40H,9-10,12-21,38H2,1-8H3,(H,42,43)/t23-,25-,26+,28-,29?,30-,31+,33-,34-,35-,36+,37+/m1/s1. The van der Waals surface area contributed by atoms with Crippen LogP contribution in [0.3, 0.4) is 0 Å². The average molecular weight is 647 g/mol. The van der Waals surface area contributed by atoms with E-state index in [1.54, 1.807) is 0 Å². The van der Waals surface area contributed by atoms with Gasteiger partial charge in [0.1, 0.15) is 12.2 Å². The summed E-state index contributed by atoms with van der Waals surface area (Å²) >= 11 is 0. The molecule has 0 aromatic heterocycles. The summed E-state index contributed by atoms with van der Waals surface area (Å²) in [5.74, 6) is -0.125. The van der Waals surface area contributed by atoms with Gasteiger partial charge in [0.2, 0.25) is 0 Å². The minimum Gasteiger partial charge on any atom is -0.481 e. The zero-order chi connectivity index (χ0) is 33.9. The lowest BCUT2D eigenvalue weighted by atomic mass is 9.34. The summed E-state index contributed by atoms with van der Waals surface area (Å²) in [6.07, 6.45) is 7.05. The van der Waals surface area contributed by atoms with Crippen molar-refractivity contribution in [2.45, 2.75) is 112 Å². The van der Waals surface area contributed by atoms with Crippen LogP contribution in [0.15, 0.2) is 11.6 Å². The smallest absolute Gasteiger partial charge is 0.307 e.